The van der Waals surface area contributed by atoms with Crippen molar-refractivity contribution in [1.82, 2.24) is 10.3 Å². The molecule has 0 fully saturated rings. The van der Waals surface area contributed by atoms with Gasteiger partial charge in [0.2, 0.25) is 10.0 Å². The number of nitrogens with one attached hydrogen (secondary N) is 2. The van der Waals surface area contributed by atoms with Crippen LogP contribution >= 0.6 is 11.3 Å². The number of anilines is 1. The minimum Gasteiger partial charge on any atom is -0.313 e. The molecule has 0 spiro atoms. The van der Waals surface area contributed by atoms with Crippen LogP contribution in [0.2, 0.25) is 0 Å². The standard InChI is InChI=1S/C13H23N3O2S2/c1-9(2)14-8-10(3)20(17,18)16-13-15-11-6-4-5-7-12(11)19-13/h9-10,14H,4-8H2,1-3H3,(H,15,16). The molecule has 2 N–H and O–H groups in total. The highest BCUT2D eigenvalue weighted by atomic mass is 32.2. The van der Waals surface area contributed by atoms with Crippen LogP contribution in [0.3, 0.4) is 0 Å². The third-order valence-electron chi connectivity index (χ3n) is 3.42. The highest BCUT2D eigenvalue weighted by Gasteiger charge is 2.23. The first-order chi connectivity index (χ1) is 9.38. The van der Waals surface area contributed by atoms with Crippen LogP contribution in [0.1, 0.15) is 44.2 Å². The smallest absolute Gasteiger partial charge is 0.238 e. The predicted molar refractivity (Wildman–Crippen MR) is 83.9 cm³/mol. The van der Waals surface area contributed by atoms with Crippen molar-refractivity contribution in [1.29, 1.82) is 0 Å². The van der Waals surface area contributed by atoms with Crippen LogP contribution in [0.4, 0.5) is 5.13 Å². The molecule has 1 heterocycles. The Balaban J connectivity index is 2.02. The molecule has 1 aliphatic carbocycles. The molecule has 7 heteroatoms. The van der Waals surface area contributed by atoms with E-state index in [0.717, 1.165) is 25.0 Å². The molecule has 1 aliphatic rings. The zero-order valence-corrected chi connectivity index (χ0v) is 13.9. The lowest BCUT2D eigenvalue weighted by atomic mass is 10.0. The molecule has 0 aromatic carbocycles. The van der Waals surface area contributed by atoms with E-state index in [9.17, 15) is 8.42 Å². The van der Waals surface area contributed by atoms with E-state index in [1.165, 1.54) is 22.6 Å². The summed E-state index contributed by atoms with van der Waals surface area (Å²) >= 11 is 1.48. The average molecular weight is 317 g/mol. The number of aromatic nitrogens is 1. The maximum atomic E-state index is 12.2. The van der Waals surface area contributed by atoms with Gasteiger partial charge in [0, 0.05) is 17.5 Å². The molecule has 114 valence electrons. The number of fused-ring (bicyclic) bond motifs is 1. The molecule has 1 aromatic heterocycles. The largest absolute Gasteiger partial charge is 0.313 e. The lowest BCUT2D eigenvalue weighted by molar-refractivity contribution is 0.553. The molecule has 0 saturated carbocycles. The Morgan fingerprint density at radius 1 is 1.25 bits per heavy atom. The number of nitrogens with zero attached hydrogens (tertiary/aromatic N) is 1. The van der Waals surface area contributed by atoms with Crippen LogP contribution in [0, 0.1) is 0 Å². The Labute approximate surface area is 125 Å². The Morgan fingerprint density at radius 3 is 2.60 bits per heavy atom. The number of hydrogen-bond donors (Lipinski definition) is 2. The van der Waals surface area contributed by atoms with Gasteiger partial charge in [-0.25, -0.2) is 13.4 Å². The van der Waals surface area contributed by atoms with Crippen LogP contribution < -0.4 is 10.0 Å². The summed E-state index contributed by atoms with van der Waals surface area (Å²) < 4.78 is 27.1. The topological polar surface area (TPSA) is 71.1 Å². The van der Waals surface area contributed by atoms with E-state index in [-0.39, 0.29) is 6.04 Å². The van der Waals surface area contributed by atoms with Gasteiger partial charge >= 0.3 is 0 Å². The molecule has 5 nitrogen and oxygen atoms in total. The molecule has 2 rings (SSSR count). The fourth-order valence-electron chi connectivity index (χ4n) is 2.13. The highest BCUT2D eigenvalue weighted by Crippen LogP contribution is 2.30. The van der Waals surface area contributed by atoms with E-state index >= 15 is 0 Å². The molecule has 0 aliphatic heterocycles. The summed E-state index contributed by atoms with van der Waals surface area (Å²) in [6.45, 7) is 6.16. The second-order valence-corrected chi connectivity index (χ2v) is 8.80. The van der Waals surface area contributed by atoms with Gasteiger partial charge in [0.05, 0.1) is 10.9 Å². The van der Waals surface area contributed by atoms with Crippen LogP contribution in [-0.4, -0.2) is 31.2 Å². The Hall–Kier alpha value is -0.660. The number of aryl methyl sites for hydroxylation is 2. The minimum absolute atomic E-state index is 0.278. The maximum Gasteiger partial charge on any atom is 0.238 e. The summed E-state index contributed by atoms with van der Waals surface area (Å²) in [5, 5.41) is 3.19. The third-order valence-corrected chi connectivity index (χ3v) is 6.32. The number of rotatable bonds is 6. The van der Waals surface area contributed by atoms with Gasteiger partial charge in [-0.05, 0) is 32.6 Å². The zero-order chi connectivity index (χ0) is 14.8. The van der Waals surface area contributed by atoms with Gasteiger partial charge in [0.1, 0.15) is 0 Å². The summed E-state index contributed by atoms with van der Waals surface area (Å²) in [4.78, 5) is 5.66. The van der Waals surface area contributed by atoms with Crippen molar-refractivity contribution >= 4 is 26.5 Å². The van der Waals surface area contributed by atoms with Crippen LogP contribution in [0.25, 0.3) is 0 Å². The second-order valence-electron chi connectivity index (χ2n) is 5.62. The zero-order valence-electron chi connectivity index (χ0n) is 12.3. The van der Waals surface area contributed by atoms with E-state index in [2.05, 4.69) is 15.0 Å². The number of sulfonamides is 1. The molecular weight excluding hydrogens is 294 g/mol. The first-order valence-corrected chi connectivity index (χ1v) is 9.48. The number of thiazole rings is 1. The van der Waals surface area contributed by atoms with Crippen molar-refractivity contribution in [2.75, 3.05) is 11.3 Å². The molecule has 0 bridgehead atoms. The van der Waals surface area contributed by atoms with Gasteiger partial charge in [-0.2, -0.15) is 0 Å². The van der Waals surface area contributed by atoms with E-state index < -0.39 is 15.3 Å². The van der Waals surface area contributed by atoms with Crippen molar-refractivity contribution in [3.63, 3.8) is 0 Å². The van der Waals surface area contributed by atoms with Gasteiger partial charge in [-0.3, -0.25) is 4.72 Å². The van der Waals surface area contributed by atoms with Gasteiger partial charge in [-0.1, -0.05) is 13.8 Å². The Morgan fingerprint density at radius 2 is 1.95 bits per heavy atom. The molecule has 1 unspecified atom stereocenters. The Kier molecular flexibility index (Phi) is 5.04. The first-order valence-electron chi connectivity index (χ1n) is 7.12. The highest BCUT2D eigenvalue weighted by molar-refractivity contribution is 7.93. The van der Waals surface area contributed by atoms with Gasteiger partial charge in [-0.15, -0.1) is 11.3 Å². The maximum absolute atomic E-state index is 12.2. The Bertz CT molecular complexity index is 528. The lowest BCUT2D eigenvalue weighted by Gasteiger charge is -2.15. The van der Waals surface area contributed by atoms with E-state index in [1.807, 2.05) is 13.8 Å². The molecule has 0 amide bonds. The lowest BCUT2D eigenvalue weighted by Crippen LogP contribution is -2.37. The van der Waals surface area contributed by atoms with Crippen molar-refractivity contribution in [2.24, 2.45) is 0 Å². The first kappa shape index (κ1) is 15.7. The van der Waals surface area contributed by atoms with E-state index in [4.69, 9.17) is 0 Å². The van der Waals surface area contributed by atoms with E-state index in [0.29, 0.717) is 11.7 Å². The fourth-order valence-corrected chi connectivity index (χ4v) is 4.35. The quantitative estimate of drug-likeness (QED) is 0.843. The minimum atomic E-state index is -3.37. The summed E-state index contributed by atoms with van der Waals surface area (Å²) in [5.41, 5.74) is 1.08. The summed E-state index contributed by atoms with van der Waals surface area (Å²) in [5.74, 6) is 0. The van der Waals surface area contributed by atoms with Crippen LogP contribution in [0.15, 0.2) is 0 Å². The van der Waals surface area contributed by atoms with Crippen molar-refractivity contribution in [3.8, 4) is 0 Å². The fraction of sp³-hybridized carbons (Fsp3) is 0.769. The summed E-state index contributed by atoms with van der Waals surface area (Å²) in [6, 6.07) is 0.278. The summed E-state index contributed by atoms with van der Waals surface area (Å²) in [7, 11) is -3.37. The predicted octanol–water partition coefficient (Wildman–Crippen LogP) is 2.15. The van der Waals surface area contributed by atoms with Gasteiger partial charge < -0.3 is 5.32 Å². The van der Waals surface area contributed by atoms with Gasteiger partial charge in [0.25, 0.3) is 0 Å². The van der Waals surface area contributed by atoms with Crippen LogP contribution in [0.5, 0.6) is 0 Å². The summed E-state index contributed by atoms with van der Waals surface area (Å²) in [6.07, 6.45) is 4.32. The molecular formula is C13H23N3O2S2. The number of hydrogen-bond acceptors (Lipinski definition) is 5. The van der Waals surface area contributed by atoms with Crippen molar-refractivity contribution in [2.45, 2.75) is 57.7 Å². The monoisotopic (exact) mass is 317 g/mol. The molecule has 20 heavy (non-hydrogen) atoms. The SMILES string of the molecule is CC(C)NCC(C)S(=O)(=O)Nc1nc2c(s1)CCCC2. The van der Waals surface area contributed by atoms with Crippen LogP contribution in [-0.2, 0) is 22.9 Å². The molecule has 0 saturated heterocycles. The van der Waals surface area contributed by atoms with Crippen molar-refractivity contribution in [3.05, 3.63) is 10.6 Å². The van der Waals surface area contributed by atoms with E-state index in [1.54, 1.807) is 6.92 Å². The second kappa shape index (κ2) is 6.41. The normalized spacial score (nSPS) is 17.0. The third kappa shape index (κ3) is 3.93. The van der Waals surface area contributed by atoms with Crippen molar-refractivity contribution < 1.29 is 8.42 Å². The molecule has 1 aromatic rings. The molecule has 0 radical (unpaired) electrons. The molecule has 1 atom stereocenters. The average Bonchev–Trinajstić information content (AvgIpc) is 2.76. The van der Waals surface area contributed by atoms with Gasteiger partial charge in [0.15, 0.2) is 5.13 Å².